The highest BCUT2D eigenvalue weighted by Crippen LogP contribution is 2.22. The first-order valence-corrected chi connectivity index (χ1v) is 5.86. The van der Waals surface area contributed by atoms with Crippen LogP contribution >= 0.6 is 0 Å². The highest BCUT2D eigenvalue weighted by atomic mass is 16.5. The zero-order valence-electron chi connectivity index (χ0n) is 9.72. The van der Waals surface area contributed by atoms with Crippen LogP contribution in [-0.2, 0) is 11.2 Å². The average molecular weight is 221 g/mol. The van der Waals surface area contributed by atoms with Gasteiger partial charge in [-0.3, -0.25) is 0 Å². The maximum absolute atomic E-state index is 9.49. The minimum Gasteiger partial charge on any atom is -0.393 e. The molecule has 1 N–H and O–H groups in total. The van der Waals surface area contributed by atoms with Gasteiger partial charge in [0, 0.05) is 25.2 Å². The average Bonchev–Trinajstić information content (AvgIpc) is 2.30. The molecule has 0 unspecified atom stereocenters. The molecule has 1 heterocycles. The first-order valence-electron chi connectivity index (χ1n) is 5.86. The van der Waals surface area contributed by atoms with E-state index in [1.807, 2.05) is 13.0 Å². The highest BCUT2D eigenvalue weighted by molar-refractivity contribution is 5.54. The number of aliphatic hydroxyl groups excluding tert-OH is 1. The van der Waals surface area contributed by atoms with Crippen LogP contribution < -0.4 is 4.90 Å². The predicted molar refractivity (Wildman–Crippen MR) is 64.9 cm³/mol. The molecule has 1 aliphatic rings. The van der Waals surface area contributed by atoms with Crippen molar-refractivity contribution in [2.24, 2.45) is 0 Å². The van der Waals surface area contributed by atoms with Crippen molar-refractivity contribution < 1.29 is 9.84 Å². The Labute approximate surface area is 96.6 Å². The van der Waals surface area contributed by atoms with Crippen LogP contribution in [0.3, 0.4) is 0 Å². The number of para-hydroxylation sites is 1. The summed E-state index contributed by atoms with van der Waals surface area (Å²) in [6.07, 6.45) is 0.426. The van der Waals surface area contributed by atoms with Crippen LogP contribution in [0.4, 0.5) is 5.69 Å². The lowest BCUT2D eigenvalue weighted by Gasteiger charge is -2.30. The van der Waals surface area contributed by atoms with Crippen molar-refractivity contribution in [2.45, 2.75) is 19.4 Å². The molecule has 1 aromatic carbocycles. The van der Waals surface area contributed by atoms with E-state index in [1.165, 1.54) is 11.3 Å². The van der Waals surface area contributed by atoms with Crippen LogP contribution in [0.5, 0.6) is 0 Å². The molecular weight excluding hydrogens is 202 g/mol. The van der Waals surface area contributed by atoms with E-state index < -0.39 is 0 Å². The molecule has 1 saturated heterocycles. The molecule has 0 radical (unpaired) electrons. The third kappa shape index (κ3) is 2.74. The number of benzene rings is 1. The number of nitrogens with zero attached hydrogens (tertiary/aromatic N) is 1. The second-order valence-electron chi connectivity index (χ2n) is 4.28. The second-order valence-corrected chi connectivity index (χ2v) is 4.28. The summed E-state index contributed by atoms with van der Waals surface area (Å²) < 4.78 is 5.35. The molecule has 0 saturated carbocycles. The third-order valence-corrected chi connectivity index (χ3v) is 2.86. The van der Waals surface area contributed by atoms with Crippen LogP contribution in [0.1, 0.15) is 12.5 Å². The molecule has 1 aliphatic heterocycles. The molecular formula is C13H19NO2. The van der Waals surface area contributed by atoms with Crippen LogP contribution in [0.15, 0.2) is 24.3 Å². The fraction of sp³-hybridized carbons (Fsp3) is 0.538. The summed E-state index contributed by atoms with van der Waals surface area (Å²) in [7, 11) is 0. The van der Waals surface area contributed by atoms with Gasteiger partial charge in [-0.25, -0.2) is 0 Å². The summed E-state index contributed by atoms with van der Waals surface area (Å²) >= 11 is 0. The molecule has 3 heteroatoms. The molecule has 1 aromatic rings. The Hall–Kier alpha value is -1.06. The molecule has 3 nitrogen and oxygen atoms in total. The fourth-order valence-electron chi connectivity index (χ4n) is 2.11. The predicted octanol–water partition coefficient (Wildman–Crippen LogP) is 1.45. The number of hydrogen-bond acceptors (Lipinski definition) is 3. The Morgan fingerprint density at radius 2 is 2.00 bits per heavy atom. The van der Waals surface area contributed by atoms with Gasteiger partial charge in [0.05, 0.1) is 19.3 Å². The number of hydrogen-bond donors (Lipinski definition) is 1. The van der Waals surface area contributed by atoms with Gasteiger partial charge >= 0.3 is 0 Å². The first-order chi connectivity index (χ1) is 7.77. The van der Waals surface area contributed by atoms with E-state index in [0.29, 0.717) is 6.42 Å². The Balaban J connectivity index is 2.17. The Morgan fingerprint density at radius 1 is 1.31 bits per heavy atom. The number of anilines is 1. The summed E-state index contributed by atoms with van der Waals surface area (Å²) in [5.41, 5.74) is 2.46. The monoisotopic (exact) mass is 221 g/mol. The van der Waals surface area contributed by atoms with E-state index >= 15 is 0 Å². The van der Waals surface area contributed by atoms with Crippen molar-refractivity contribution in [2.75, 3.05) is 31.2 Å². The van der Waals surface area contributed by atoms with Crippen molar-refractivity contribution in [3.8, 4) is 0 Å². The second kappa shape index (κ2) is 5.32. The van der Waals surface area contributed by atoms with E-state index in [0.717, 1.165) is 26.3 Å². The highest BCUT2D eigenvalue weighted by Gasteiger charge is 2.14. The molecule has 16 heavy (non-hydrogen) atoms. The quantitative estimate of drug-likeness (QED) is 0.838. The van der Waals surface area contributed by atoms with Crippen molar-refractivity contribution >= 4 is 5.69 Å². The van der Waals surface area contributed by atoms with Gasteiger partial charge in [0.25, 0.3) is 0 Å². The van der Waals surface area contributed by atoms with E-state index in [2.05, 4.69) is 23.1 Å². The van der Waals surface area contributed by atoms with Crippen molar-refractivity contribution in [3.05, 3.63) is 29.8 Å². The van der Waals surface area contributed by atoms with Gasteiger partial charge in [-0.15, -0.1) is 0 Å². The number of rotatable bonds is 3. The summed E-state index contributed by atoms with van der Waals surface area (Å²) in [5.74, 6) is 0. The lowest BCUT2D eigenvalue weighted by atomic mass is 10.1. The molecule has 2 rings (SSSR count). The normalized spacial score (nSPS) is 18.5. The van der Waals surface area contributed by atoms with Crippen molar-refractivity contribution in [3.63, 3.8) is 0 Å². The summed E-state index contributed by atoms with van der Waals surface area (Å²) in [6.45, 7) is 5.30. The van der Waals surface area contributed by atoms with E-state index in [9.17, 15) is 5.11 Å². The zero-order chi connectivity index (χ0) is 11.4. The largest absolute Gasteiger partial charge is 0.393 e. The minimum absolute atomic E-state index is 0.290. The standard InChI is InChI=1S/C13H19NO2/c1-11(15)10-12-4-2-3-5-13(12)14-6-8-16-9-7-14/h2-5,11,15H,6-10H2,1H3/t11-/m0/s1. The smallest absolute Gasteiger partial charge is 0.0642 e. The molecule has 0 aromatic heterocycles. The summed E-state index contributed by atoms with van der Waals surface area (Å²) in [6, 6.07) is 8.30. The summed E-state index contributed by atoms with van der Waals surface area (Å²) in [4.78, 5) is 2.33. The van der Waals surface area contributed by atoms with Crippen LogP contribution in [0.2, 0.25) is 0 Å². The molecule has 0 bridgehead atoms. The van der Waals surface area contributed by atoms with E-state index in [-0.39, 0.29) is 6.10 Å². The van der Waals surface area contributed by atoms with Gasteiger partial charge in [0.2, 0.25) is 0 Å². The maximum Gasteiger partial charge on any atom is 0.0642 e. The maximum atomic E-state index is 9.49. The molecule has 1 fully saturated rings. The number of aliphatic hydroxyl groups is 1. The lowest BCUT2D eigenvalue weighted by molar-refractivity contribution is 0.122. The van der Waals surface area contributed by atoms with Gasteiger partial charge in [0.1, 0.15) is 0 Å². The van der Waals surface area contributed by atoms with Gasteiger partial charge in [-0.1, -0.05) is 18.2 Å². The molecule has 0 spiro atoms. The SMILES string of the molecule is C[C@H](O)Cc1ccccc1N1CCOCC1. The van der Waals surface area contributed by atoms with Crippen LogP contribution in [0.25, 0.3) is 0 Å². The molecule has 0 aliphatic carbocycles. The van der Waals surface area contributed by atoms with Gasteiger partial charge in [-0.05, 0) is 18.6 Å². The fourth-order valence-corrected chi connectivity index (χ4v) is 2.11. The zero-order valence-corrected chi connectivity index (χ0v) is 9.72. The van der Waals surface area contributed by atoms with Crippen LogP contribution in [-0.4, -0.2) is 37.5 Å². The number of ether oxygens (including phenoxy) is 1. The Bertz CT molecular complexity index is 332. The van der Waals surface area contributed by atoms with Crippen LogP contribution in [0, 0.1) is 0 Å². The van der Waals surface area contributed by atoms with Gasteiger partial charge in [0.15, 0.2) is 0 Å². The van der Waals surface area contributed by atoms with Crippen molar-refractivity contribution in [1.29, 1.82) is 0 Å². The molecule has 88 valence electrons. The molecule has 0 amide bonds. The van der Waals surface area contributed by atoms with Gasteiger partial charge < -0.3 is 14.7 Å². The van der Waals surface area contributed by atoms with Gasteiger partial charge in [-0.2, -0.15) is 0 Å². The Morgan fingerprint density at radius 3 is 2.69 bits per heavy atom. The van der Waals surface area contributed by atoms with Crippen molar-refractivity contribution in [1.82, 2.24) is 0 Å². The lowest BCUT2D eigenvalue weighted by Crippen LogP contribution is -2.36. The summed E-state index contributed by atoms with van der Waals surface area (Å²) in [5, 5.41) is 9.49. The minimum atomic E-state index is -0.290. The Kier molecular flexibility index (Phi) is 3.80. The first kappa shape index (κ1) is 11.4. The van der Waals surface area contributed by atoms with E-state index in [4.69, 9.17) is 4.74 Å². The topological polar surface area (TPSA) is 32.7 Å². The molecule has 1 atom stereocenters. The van der Waals surface area contributed by atoms with E-state index in [1.54, 1.807) is 0 Å². The third-order valence-electron chi connectivity index (χ3n) is 2.86. The number of morpholine rings is 1.